The van der Waals surface area contributed by atoms with E-state index in [1.54, 1.807) is 49.9 Å². The van der Waals surface area contributed by atoms with Gasteiger partial charge in [-0.05, 0) is 64.1 Å². The van der Waals surface area contributed by atoms with Crippen LogP contribution in [0.1, 0.15) is 47.3 Å². The minimum atomic E-state index is -4.35. The fraction of sp³-hybridized carbons (Fsp3) is 0.560. The van der Waals surface area contributed by atoms with Crippen molar-refractivity contribution in [2.75, 3.05) is 12.4 Å². The Morgan fingerprint density at radius 1 is 1.27 bits per heavy atom. The number of carbonyl (C=O) groups is 1. The zero-order valence-electron chi connectivity index (χ0n) is 22.9. The first kappa shape index (κ1) is 32.0. The third kappa shape index (κ3) is 8.05. The van der Waals surface area contributed by atoms with Gasteiger partial charge in [0.1, 0.15) is 24.0 Å². The van der Waals surface area contributed by atoms with Crippen LogP contribution in [0.4, 0.5) is 4.39 Å². The van der Waals surface area contributed by atoms with Crippen molar-refractivity contribution in [3.63, 3.8) is 0 Å². The van der Waals surface area contributed by atoms with Crippen LogP contribution >= 0.6 is 19.5 Å². The van der Waals surface area contributed by atoms with Gasteiger partial charge in [-0.25, -0.2) is 13.8 Å². The maximum absolute atomic E-state index is 15.6. The largest absolute Gasteiger partial charge is 0.462 e. The average Bonchev–Trinajstić information content (AvgIpc) is 3.10. The Bertz CT molecular complexity index is 1320. The van der Waals surface area contributed by atoms with E-state index in [0.29, 0.717) is 0 Å². The summed E-state index contributed by atoms with van der Waals surface area (Å²) in [6.07, 6.45) is -3.23. The zero-order valence-corrected chi connectivity index (χ0v) is 24.6. The molecule has 3 N–H and O–H groups in total. The molecule has 0 saturated carbocycles. The summed E-state index contributed by atoms with van der Waals surface area (Å²) >= 11 is 1.64. The van der Waals surface area contributed by atoms with Crippen molar-refractivity contribution in [1.29, 1.82) is 0 Å². The van der Waals surface area contributed by atoms with Gasteiger partial charge in [0, 0.05) is 17.2 Å². The van der Waals surface area contributed by atoms with Crippen LogP contribution in [0.15, 0.2) is 51.0 Å². The summed E-state index contributed by atoms with van der Waals surface area (Å²) in [6.45, 7) is 7.17. The highest BCUT2D eigenvalue weighted by Gasteiger charge is 2.56. The average molecular weight is 604 g/mol. The summed E-state index contributed by atoms with van der Waals surface area (Å²) in [5.41, 5.74) is -4.12. The van der Waals surface area contributed by atoms with E-state index in [1.807, 2.05) is 4.98 Å². The fourth-order valence-electron chi connectivity index (χ4n) is 3.80. The van der Waals surface area contributed by atoms with E-state index in [4.69, 9.17) is 18.5 Å². The van der Waals surface area contributed by atoms with Gasteiger partial charge in [-0.1, -0.05) is 6.92 Å². The maximum Gasteiger partial charge on any atom is 0.459 e. The number of ether oxygens (including phenoxy) is 2. The third-order valence-electron chi connectivity index (χ3n) is 5.81. The molecule has 1 fully saturated rings. The minimum Gasteiger partial charge on any atom is -0.462 e. The molecule has 222 valence electrons. The summed E-state index contributed by atoms with van der Waals surface area (Å²) in [7, 11) is -4.35. The van der Waals surface area contributed by atoms with Crippen molar-refractivity contribution in [3.05, 3.63) is 57.4 Å². The SMILES string of the molecule is CCCSc1ccc(OP(=O)(N[C@@H](C)C(=O)OC(C)C)OC[C@H]2O[C@@H](n3ccc(=O)[nH]c3=O)[C@](C)(F)[C@@H]2O)cc1. The number of rotatable bonds is 13. The molecule has 1 aliphatic heterocycles. The van der Waals surface area contributed by atoms with Gasteiger partial charge in [-0.3, -0.25) is 23.7 Å². The second-order valence-corrected chi connectivity index (χ2v) is 12.5. The molecule has 3 rings (SSSR count). The summed E-state index contributed by atoms with van der Waals surface area (Å²) < 4.78 is 52.1. The number of aliphatic hydroxyl groups is 1. The molecule has 6 atom stereocenters. The molecule has 0 bridgehead atoms. The van der Waals surface area contributed by atoms with E-state index in [2.05, 4.69) is 12.0 Å². The van der Waals surface area contributed by atoms with Gasteiger partial charge >= 0.3 is 19.4 Å². The van der Waals surface area contributed by atoms with Crippen LogP contribution in [-0.2, 0) is 23.4 Å². The third-order valence-corrected chi connectivity index (χ3v) is 8.67. The van der Waals surface area contributed by atoms with E-state index in [0.717, 1.165) is 40.8 Å². The van der Waals surface area contributed by atoms with Crippen LogP contribution in [0.2, 0.25) is 0 Å². The second-order valence-electron chi connectivity index (χ2n) is 9.68. The van der Waals surface area contributed by atoms with Crippen LogP contribution in [0.3, 0.4) is 0 Å². The summed E-state index contributed by atoms with van der Waals surface area (Å²) in [4.78, 5) is 39.0. The number of alkyl halides is 1. The number of hydrogen-bond donors (Lipinski definition) is 3. The molecule has 0 aliphatic carbocycles. The van der Waals surface area contributed by atoms with Crippen LogP contribution in [0.25, 0.3) is 0 Å². The van der Waals surface area contributed by atoms with Crippen molar-refractivity contribution < 1.29 is 37.4 Å². The first-order chi connectivity index (χ1) is 18.8. The molecular formula is C25H35FN3O9PS. The molecule has 1 saturated heterocycles. The van der Waals surface area contributed by atoms with E-state index >= 15 is 4.39 Å². The highest BCUT2D eigenvalue weighted by molar-refractivity contribution is 7.99. The smallest absolute Gasteiger partial charge is 0.459 e. The lowest BCUT2D eigenvalue weighted by molar-refractivity contribution is -0.149. The minimum absolute atomic E-state index is 0.169. The first-order valence-corrected chi connectivity index (χ1v) is 15.3. The van der Waals surface area contributed by atoms with Crippen LogP contribution in [0, 0.1) is 0 Å². The molecule has 0 amide bonds. The van der Waals surface area contributed by atoms with Crippen molar-refractivity contribution in [1.82, 2.24) is 14.6 Å². The molecule has 1 unspecified atom stereocenters. The number of aromatic amines is 1. The standard InChI is InChI=1S/C25H35FN3O9PS/c1-6-13-40-18-9-7-17(8-10-18)38-39(34,28-16(4)22(32)36-15(2)3)35-14-19-21(31)25(5,26)23(37-19)29-12-11-20(30)27-24(29)33/h7-12,15-16,19,21,23,31H,6,13-14H2,1-5H3,(H,28,34)(H,27,30,33)/t16-,19+,21+,23+,25+,39?/m0/s1. The highest BCUT2D eigenvalue weighted by atomic mass is 32.2. The van der Waals surface area contributed by atoms with Gasteiger partial charge in [-0.15, -0.1) is 11.8 Å². The molecular weight excluding hydrogens is 568 g/mol. The van der Waals surface area contributed by atoms with Gasteiger partial charge < -0.3 is 19.1 Å². The molecule has 1 aliphatic rings. The van der Waals surface area contributed by atoms with Crippen LogP contribution in [-0.4, -0.2) is 63.0 Å². The normalized spacial score (nSPS) is 24.9. The molecule has 40 heavy (non-hydrogen) atoms. The Hall–Kier alpha value is -2.48. The Kier molecular flexibility index (Phi) is 10.8. The van der Waals surface area contributed by atoms with Gasteiger partial charge in [-0.2, -0.15) is 5.09 Å². The Balaban J connectivity index is 1.80. The Labute approximate surface area is 235 Å². The number of halogens is 1. The lowest BCUT2D eigenvalue weighted by atomic mass is 9.98. The van der Waals surface area contributed by atoms with Crippen molar-refractivity contribution in [3.8, 4) is 5.75 Å². The van der Waals surface area contributed by atoms with Crippen molar-refractivity contribution >= 4 is 25.5 Å². The topological polar surface area (TPSA) is 158 Å². The number of hydrogen-bond acceptors (Lipinski definition) is 10. The van der Waals surface area contributed by atoms with E-state index in [1.165, 1.54) is 6.92 Å². The number of aliphatic hydroxyl groups excluding tert-OH is 1. The molecule has 0 radical (unpaired) electrons. The quantitative estimate of drug-likeness (QED) is 0.175. The fourth-order valence-corrected chi connectivity index (χ4v) is 6.07. The number of carbonyl (C=O) groups excluding carboxylic acids is 1. The molecule has 1 aromatic carbocycles. The molecule has 15 heteroatoms. The monoisotopic (exact) mass is 603 g/mol. The number of esters is 1. The van der Waals surface area contributed by atoms with Crippen LogP contribution in [0.5, 0.6) is 5.75 Å². The van der Waals surface area contributed by atoms with Gasteiger partial charge in [0.05, 0.1) is 12.7 Å². The number of thioether (sulfide) groups is 1. The second kappa shape index (κ2) is 13.5. The molecule has 2 aromatic rings. The molecule has 2 heterocycles. The first-order valence-electron chi connectivity index (χ1n) is 12.7. The maximum atomic E-state index is 15.6. The number of nitrogens with zero attached hydrogens (tertiary/aromatic N) is 1. The van der Waals surface area contributed by atoms with Crippen molar-refractivity contribution in [2.45, 2.75) is 82.2 Å². The Morgan fingerprint density at radius 3 is 2.55 bits per heavy atom. The van der Waals surface area contributed by atoms with E-state index in [9.17, 15) is 24.1 Å². The number of H-pyrrole nitrogens is 1. The van der Waals surface area contributed by atoms with Gasteiger partial charge in [0.15, 0.2) is 11.9 Å². The number of aromatic nitrogens is 2. The Morgan fingerprint density at radius 2 is 1.95 bits per heavy atom. The highest BCUT2D eigenvalue weighted by Crippen LogP contribution is 2.47. The zero-order chi connectivity index (χ0) is 29.7. The van der Waals surface area contributed by atoms with Crippen molar-refractivity contribution in [2.24, 2.45) is 0 Å². The molecule has 0 spiro atoms. The molecule has 12 nitrogen and oxygen atoms in total. The van der Waals surface area contributed by atoms with E-state index in [-0.39, 0.29) is 5.75 Å². The molecule has 1 aromatic heterocycles. The number of nitrogens with one attached hydrogen (secondary N) is 2. The summed E-state index contributed by atoms with van der Waals surface area (Å²) in [5.74, 6) is 0.379. The van der Waals surface area contributed by atoms with Gasteiger partial charge in [0.2, 0.25) is 0 Å². The predicted octanol–water partition coefficient (Wildman–Crippen LogP) is 3.16. The lowest BCUT2D eigenvalue weighted by Crippen LogP contribution is -2.43. The number of benzene rings is 1. The summed E-state index contributed by atoms with van der Waals surface area (Å²) in [6, 6.07) is 6.62. The predicted molar refractivity (Wildman–Crippen MR) is 146 cm³/mol. The van der Waals surface area contributed by atoms with Crippen LogP contribution < -0.4 is 20.9 Å². The van der Waals surface area contributed by atoms with Gasteiger partial charge in [0.25, 0.3) is 5.56 Å². The van der Waals surface area contributed by atoms with E-state index < -0.39 is 67.8 Å². The lowest BCUT2D eigenvalue weighted by Gasteiger charge is -2.25. The summed E-state index contributed by atoms with van der Waals surface area (Å²) in [5, 5.41) is 13.2.